The molecule has 4 heteroatoms. The largest absolute Gasteiger partial charge is 0.378 e. The number of carbonyl (C=O) groups excluding carboxylic acids is 2. The molecule has 2 fully saturated rings. The third-order valence-corrected chi connectivity index (χ3v) is 5.41. The first-order chi connectivity index (χ1) is 13.7. The van der Waals surface area contributed by atoms with Gasteiger partial charge in [0.2, 0.25) is 0 Å². The molecule has 0 unspecified atom stereocenters. The van der Waals surface area contributed by atoms with Gasteiger partial charge in [0.25, 0.3) is 0 Å². The summed E-state index contributed by atoms with van der Waals surface area (Å²) in [5.41, 5.74) is 2.66. The summed E-state index contributed by atoms with van der Waals surface area (Å²) in [5, 5.41) is 7.04. The number of hydrogen-bond donors (Lipinski definition) is 2. The molecule has 2 aromatic rings. The molecule has 2 N–H and O–H groups in total. The topological polar surface area (TPSA) is 58.2 Å². The van der Waals surface area contributed by atoms with Crippen LogP contribution < -0.4 is 10.6 Å². The Morgan fingerprint density at radius 3 is 1.46 bits per heavy atom. The van der Waals surface area contributed by atoms with Gasteiger partial charge >= 0.3 is 0 Å². The Morgan fingerprint density at radius 1 is 0.679 bits per heavy atom. The fraction of sp³-hybridized carbons (Fsp3) is 0.250. The Balaban J connectivity index is 1.65. The summed E-state index contributed by atoms with van der Waals surface area (Å²) < 4.78 is 0. The molecule has 0 radical (unpaired) electrons. The van der Waals surface area contributed by atoms with Gasteiger partial charge in [-0.25, -0.2) is 0 Å². The molecule has 4 nitrogen and oxygen atoms in total. The first kappa shape index (κ1) is 18.2. The molecule has 142 valence electrons. The van der Waals surface area contributed by atoms with Gasteiger partial charge in [0, 0.05) is 35.4 Å². The second kappa shape index (κ2) is 8.26. The minimum atomic E-state index is -0.0720. The number of benzene rings is 2. The average Bonchev–Trinajstić information content (AvgIpc) is 2.75. The van der Waals surface area contributed by atoms with Crippen LogP contribution in [0.5, 0.6) is 0 Å². The molecule has 0 aromatic heterocycles. The lowest BCUT2D eigenvalue weighted by atomic mass is 9.87. The number of hydrogen-bond acceptors (Lipinski definition) is 4. The van der Waals surface area contributed by atoms with Crippen molar-refractivity contribution >= 4 is 11.6 Å². The van der Waals surface area contributed by atoms with Crippen LogP contribution in [0.1, 0.15) is 46.4 Å². The molecule has 0 amide bonds. The molecule has 1 aliphatic heterocycles. The van der Waals surface area contributed by atoms with Crippen molar-refractivity contribution in [3.05, 3.63) is 95.3 Å². The molecule has 1 aliphatic carbocycles. The van der Waals surface area contributed by atoms with E-state index in [0.717, 1.165) is 12.8 Å². The molecule has 2 aromatic carbocycles. The quantitative estimate of drug-likeness (QED) is 0.629. The summed E-state index contributed by atoms with van der Waals surface area (Å²) in [6.07, 6.45) is 7.70. The van der Waals surface area contributed by atoms with E-state index in [1.54, 1.807) is 36.4 Å². The summed E-state index contributed by atoms with van der Waals surface area (Å²) in [4.78, 5) is 25.4. The molecule has 0 spiro atoms. The fourth-order valence-corrected chi connectivity index (χ4v) is 3.90. The van der Waals surface area contributed by atoms with Crippen LogP contribution in [0.4, 0.5) is 0 Å². The highest BCUT2D eigenvalue weighted by Gasteiger charge is 2.31. The molecule has 1 heterocycles. The maximum Gasteiger partial charge on any atom is 0.187 e. The number of allylic oxidation sites excluding steroid dienone is 2. The Bertz CT molecular complexity index is 839. The van der Waals surface area contributed by atoms with Crippen molar-refractivity contribution in [3.8, 4) is 0 Å². The smallest absolute Gasteiger partial charge is 0.187 e. The van der Waals surface area contributed by atoms with Gasteiger partial charge < -0.3 is 10.6 Å². The molecule has 2 aliphatic rings. The minimum Gasteiger partial charge on any atom is -0.378 e. The standard InChI is InChI=1S/C24H24N2O2/c27-23(17-9-3-1-4-10-17)15-21-22(16-24(28)18-11-5-2-6-12-18)26-20-14-8-7-13-19(20)25-21/h1-6,9-12,15-16,19-20,25-26H,7-8,13-14H2/t19-,20-/m0/s1. The van der Waals surface area contributed by atoms with Gasteiger partial charge in [0.15, 0.2) is 11.6 Å². The third-order valence-electron chi connectivity index (χ3n) is 5.41. The Hall–Kier alpha value is -3.14. The Morgan fingerprint density at radius 2 is 1.07 bits per heavy atom. The van der Waals surface area contributed by atoms with Crippen LogP contribution >= 0.6 is 0 Å². The van der Waals surface area contributed by atoms with Crippen LogP contribution in [-0.2, 0) is 0 Å². The molecule has 0 bridgehead atoms. The molecule has 1 saturated heterocycles. The van der Waals surface area contributed by atoms with Gasteiger partial charge in [-0.2, -0.15) is 0 Å². The monoisotopic (exact) mass is 372 g/mol. The van der Waals surface area contributed by atoms with Crippen LogP contribution in [0, 0.1) is 0 Å². The Kier molecular flexibility index (Phi) is 5.38. The molecule has 4 rings (SSSR count). The SMILES string of the molecule is O=C(C=C1N[C@H]2CCCC[C@@H]2NC1=CC(=O)c1ccccc1)c1ccccc1. The number of nitrogens with one attached hydrogen (secondary N) is 2. The lowest BCUT2D eigenvalue weighted by molar-refractivity contribution is 0.103. The van der Waals surface area contributed by atoms with E-state index in [1.165, 1.54) is 12.8 Å². The number of piperazine rings is 1. The van der Waals surface area contributed by atoms with E-state index in [2.05, 4.69) is 10.6 Å². The van der Waals surface area contributed by atoms with E-state index >= 15 is 0 Å². The third kappa shape index (κ3) is 4.06. The number of fused-ring (bicyclic) bond motifs is 1. The van der Waals surface area contributed by atoms with Gasteiger partial charge in [-0.3, -0.25) is 9.59 Å². The lowest BCUT2D eigenvalue weighted by Gasteiger charge is -2.40. The van der Waals surface area contributed by atoms with Gasteiger partial charge in [-0.05, 0) is 12.8 Å². The predicted molar refractivity (Wildman–Crippen MR) is 110 cm³/mol. The normalized spacial score (nSPS) is 24.1. The van der Waals surface area contributed by atoms with Crippen molar-refractivity contribution in [2.45, 2.75) is 37.8 Å². The highest BCUT2D eigenvalue weighted by Crippen LogP contribution is 2.26. The van der Waals surface area contributed by atoms with Crippen molar-refractivity contribution in [3.63, 3.8) is 0 Å². The van der Waals surface area contributed by atoms with Crippen LogP contribution in [0.25, 0.3) is 0 Å². The summed E-state index contributed by atoms with van der Waals surface area (Å²) in [6, 6.07) is 19.0. The minimum absolute atomic E-state index is 0.0720. The van der Waals surface area contributed by atoms with Gasteiger partial charge in [-0.15, -0.1) is 0 Å². The zero-order valence-corrected chi connectivity index (χ0v) is 15.7. The van der Waals surface area contributed by atoms with E-state index in [0.29, 0.717) is 22.5 Å². The van der Waals surface area contributed by atoms with Crippen LogP contribution in [0.2, 0.25) is 0 Å². The van der Waals surface area contributed by atoms with E-state index in [4.69, 9.17) is 0 Å². The Labute approximate surface area is 165 Å². The van der Waals surface area contributed by atoms with Crippen LogP contribution in [0.3, 0.4) is 0 Å². The first-order valence-corrected chi connectivity index (χ1v) is 9.86. The summed E-state index contributed by atoms with van der Waals surface area (Å²) in [7, 11) is 0. The second-order valence-corrected chi connectivity index (χ2v) is 7.36. The van der Waals surface area contributed by atoms with Crippen molar-refractivity contribution < 1.29 is 9.59 Å². The zero-order chi connectivity index (χ0) is 19.3. The van der Waals surface area contributed by atoms with Crippen LogP contribution in [0.15, 0.2) is 84.2 Å². The predicted octanol–water partition coefficient (Wildman–Crippen LogP) is 4.02. The van der Waals surface area contributed by atoms with Crippen LogP contribution in [-0.4, -0.2) is 23.7 Å². The van der Waals surface area contributed by atoms with E-state index in [9.17, 15) is 9.59 Å². The van der Waals surface area contributed by atoms with Gasteiger partial charge in [-0.1, -0.05) is 73.5 Å². The summed E-state index contributed by atoms with van der Waals surface area (Å²) >= 11 is 0. The first-order valence-electron chi connectivity index (χ1n) is 9.86. The summed E-state index contributed by atoms with van der Waals surface area (Å²) in [6.45, 7) is 0. The average molecular weight is 372 g/mol. The highest BCUT2D eigenvalue weighted by molar-refractivity contribution is 6.07. The molecule has 2 atom stereocenters. The molecular formula is C24H24N2O2. The zero-order valence-electron chi connectivity index (χ0n) is 15.7. The number of rotatable bonds is 4. The summed E-state index contributed by atoms with van der Waals surface area (Å²) in [5.74, 6) is -0.144. The van der Waals surface area contributed by atoms with E-state index in [1.807, 2.05) is 36.4 Å². The number of carbonyl (C=O) groups is 2. The molecule has 1 saturated carbocycles. The van der Waals surface area contributed by atoms with Crippen molar-refractivity contribution in [1.29, 1.82) is 0 Å². The van der Waals surface area contributed by atoms with E-state index in [-0.39, 0.29) is 23.7 Å². The lowest BCUT2D eigenvalue weighted by Crippen LogP contribution is -2.55. The fourth-order valence-electron chi connectivity index (χ4n) is 3.90. The maximum atomic E-state index is 12.7. The van der Waals surface area contributed by atoms with Crippen molar-refractivity contribution in [2.75, 3.05) is 0 Å². The van der Waals surface area contributed by atoms with Gasteiger partial charge in [0.05, 0.1) is 11.4 Å². The highest BCUT2D eigenvalue weighted by atomic mass is 16.1. The maximum absolute atomic E-state index is 12.7. The molecule has 28 heavy (non-hydrogen) atoms. The van der Waals surface area contributed by atoms with Gasteiger partial charge in [0.1, 0.15) is 0 Å². The number of ketones is 2. The molecular weight excluding hydrogens is 348 g/mol. The van der Waals surface area contributed by atoms with E-state index < -0.39 is 0 Å². The van der Waals surface area contributed by atoms with Crippen molar-refractivity contribution in [1.82, 2.24) is 10.6 Å². The van der Waals surface area contributed by atoms with Crippen molar-refractivity contribution in [2.24, 2.45) is 0 Å². The second-order valence-electron chi connectivity index (χ2n) is 7.36.